The van der Waals surface area contributed by atoms with Gasteiger partial charge in [0, 0.05) is 49.8 Å². The lowest BCUT2D eigenvalue weighted by Gasteiger charge is -2.30. The molecule has 3 N–H and O–H groups in total. The van der Waals surface area contributed by atoms with E-state index in [0.29, 0.717) is 25.8 Å². The van der Waals surface area contributed by atoms with Crippen molar-refractivity contribution in [1.82, 2.24) is 9.62 Å². The smallest absolute Gasteiger partial charge is 0.248 e. The Morgan fingerprint density at radius 3 is 2.18 bits per heavy atom. The number of nitrogens with one attached hydrogen (secondary N) is 1. The molecule has 2 fully saturated rings. The molecule has 4 rings (SSSR count). The molecule has 3 amide bonds. The van der Waals surface area contributed by atoms with E-state index >= 15 is 0 Å². The molecular weight excluding hydrogens is 456 g/mol. The largest absolute Gasteiger partial charge is 0.366 e. The quantitative estimate of drug-likeness (QED) is 0.617. The molecule has 0 aliphatic carbocycles. The van der Waals surface area contributed by atoms with E-state index in [4.69, 9.17) is 5.73 Å². The highest BCUT2D eigenvalue weighted by Crippen LogP contribution is 2.25. The molecule has 0 aromatic heterocycles. The topological polar surface area (TPSA) is 130 Å². The van der Waals surface area contributed by atoms with E-state index in [1.165, 1.54) is 28.6 Å². The lowest BCUT2D eigenvalue weighted by atomic mass is 9.97. The van der Waals surface area contributed by atoms with Gasteiger partial charge in [-0.15, -0.1) is 0 Å². The number of rotatable bonds is 7. The highest BCUT2D eigenvalue weighted by molar-refractivity contribution is 7.89. The highest BCUT2D eigenvalue weighted by Gasteiger charge is 2.32. The van der Waals surface area contributed by atoms with Crippen molar-refractivity contribution in [3.05, 3.63) is 59.7 Å². The number of anilines is 1. The van der Waals surface area contributed by atoms with Crippen molar-refractivity contribution >= 4 is 33.4 Å². The minimum Gasteiger partial charge on any atom is -0.366 e. The van der Waals surface area contributed by atoms with Gasteiger partial charge in [0.2, 0.25) is 27.7 Å². The van der Waals surface area contributed by atoms with Crippen LogP contribution < -0.4 is 16.0 Å². The number of nitrogens with two attached hydrogens (primary N) is 1. The molecule has 2 heterocycles. The second kappa shape index (κ2) is 9.94. The van der Waals surface area contributed by atoms with E-state index in [1.54, 1.807) is 4.90 Å². The van der Waals surface area contributed by atoms with Crippen LogP contribution in [0.3, 0.4) is 0 Å². The first-order valence-corrected chi connectivity index (χ1v) is 12.8. The summed E-state index contributed by atoms with van der Waals surface area (Å²) in [5.41, 5.74) is 7.26. The molecule has 34 heavy (non-hydrogen) atoms. The number of amides is 3. The fourth-order valence-electron chi connectivity index (χ4n) is 4.35. The second-order valence-corrected chi connectivity index (χ2v) is 10.5. The SMILES string of the molecule is NC(=O)c1ccc(S(=O)(=O)N2CCC(C(=O)NCc3ccc(N4CCCC4=O)cc3)CC2)cc1. The van der Waals surface area contributed by atoms with E-state index in [9.17, 15) is 22.8 Å². The van der Waals surface area contributed by atoms with Gasteiger partial charge < -0.3 is 16.0 Å². The van der Waals surface area contributed by atoms with Gasteiger partial charge in [-0.25, -0.2) is 8.42 Å². The molecule has 0 bridgehead atoms. The molecule has 2 saturated heterocycles. The van der Waals surface area contributed by atoms with E-state index < -0.39 is 15.9 Å². The third-order valence-electron chi connectivity index (χ3n) is 6.39. The lowest BCUT2D eigenvalue weighted by molar-refractivity contribution is -0.126. The molecular formula is C24H28N4O5S. The van der Waals surface area contributed by atoms with Gasteiger partial charge in [0.25, 0.3) is 0 Å². The zero-order valence-electron chi connectivity index (χ0n) is 18.8. The Morgan fingerprint density at radius 1 is 0.971 bits per heavy atom. The van der Waals surface area contributed by atoms with Crippen LogP contribution in [0.1, 0.15) is 41.6 Å². The van der Waals surface area contributed by atoms with Crippen molar-refractivity contribution in [1.29, 1.82) is 0 Å². The molecule has 10 heteroatoms. The molecule has 180 valence electrons. The maximum atomic E-state index is 12.9. The molecule has 2 aliphatic heterocycles. The first kappa shape index (κ1) is 23.9. The summed E-state index contributed by atoms with van der Waals surface area (Å²) in [6.07, 6.45) is 2.32. The maximum Gasteiger partial charge on any atom is 0.248 e. The van der Waals surface area contributed by atoms with E-state index in [-0.39, 0.29) is 41.3 Å². The summed E-state index contributed by atoms with van der Waals surface area (Å²) in [6, 6.07) is 13.1. The summed E-state index contributed by atoms with van der Waals surface area (Å²) >= 11 is 0. The van der Waals surface area contributed by atoms with Crippen molar-refractivity contribution in [3.63, 3.8) is 0 Å². The van der Waals surface area contributed by atoms with Crippen LogP contribution in [0, 0.1) is 5.92 Å². The Labute approximate surface area is 199 Å². The average Bonchev–Trinajstić information content (AvgIpc) is 3.28. The second-order valence-electron chi connectivity index (χ2n) is 8.60. The summed E-state index contributed by atoms with van der Waals surface area (Å²) in [4.78, 5) is 37.6. The van der Waals surface area contributed by atoms with Crippen molar-refractivity contribution in [2.75, 3.05) is 24.5 Å². The van der Waals surface area contributed by atoms with Gasteiger partial charge in [0.15, 0.2) is 0 Å². The fraction of sp³-hybridized carbons (Fsp3) is 0.375. The number of benzene rings is 2. The van der Waals surface area contributed by atoms with Crippen molar-refractivity contribution in [2.45, 2.75) is 37.1 Å². The minimum atomic E-state index is -3.70. The fourth-order valence-corrected chi connectivity index (χ4v) is 5.82. The summed E-state index contributed by atoms with van der Waals surface area (Å²) in [6.45, 7) is 1.60. The Hall–Kier alpha value is -3.24. The first-order chi connectivity index (χ1) is 16.3. The number of nitrogens with zero attached hydrogens (tertiary/aromatic N) is 2. The third-order valence-corrected chi connectivity index (χ3v) is 8.30. The highest BCUT2D eigenvalue weighted by atomic mass is 32.2. The maximum absolute atomic E-state index is 12.9. The Morgan fingerprint density at radius 2 is 1.62 bits per heavy atom. The summed E-state index contributed by atoms with van der Waals surface area (Å²) in [7, 11) is -3.70. The van der Waals surface area contributed by atoms with Crippen LogP contribution in [0.15, 0.2) is 53.4 Å². The van der Waals surface area contributed by atoms with E-state index in [2.05, 4.69) is 5.32 Å². The van der Waals surface area contributed by atoms with Gasteiger partial charge in [-0.2, -0.15) is 4.31 Å². The van der Waals surface area contributed by atoms with Gasteiger partial charge in [-0.1, -0.05) is 12.1 Å². The zero-order chi connectivity index (χ0) is 24.3. The Kier molecular flexibility index (Phi) is 6.99. The Balaban J connectivity index is 1.28. The van der Waals surface area contributed by atoms with Crippen LogP contribution >= 0.6 is 0 Å². The molecule has 2 aliphatic rings. The predicted octanol–water partition coefficient (Wildman–Crippen LogP) is 1.63. The van der Waals surface area contributed by atoms with Crippen LogP contribution in [-0.2, 0) is 26.2 Å². The van der Waals surface area contributed by atoms with Gasteiger partial charge in [-0.05, 0) is 61.2 Å². The molecule has 0 unspecified atom stereocenters. The molecule has 2 aromatic rings. The minimum absolute atomic E-state index is 0.0957. The number of primary amides is 1. The van der Waals surface area contributed by atoms with Crippen molar-refractivity contribution in [2.24, 2.45) is 11.7 Å². The van der Waals surface area contributed by atoms with Crippen LogP contribution in [0.2, 0.25) is 0 Å². The van der Waals surface area contributed by atoms with Crippen LogP contribution in [0.5, 0.6) is 0 Å². The molecule has 0 radical (unpaired) electrons. The lowest BCUT2D eigenvalue weighted by Crippen LogP contribution is -2.42. The molecule has 2 aromatic carbocycles. The predicted molar refractivity (Wildman–Crippen MR) is 126 cm³/mol. The average molecular weight is 485 g/mol. The third kappa shape index (κ3) is 5.13. The number of sulfonamides is 1. The normalized spacial score (nSPS) is 17.6. The van der Waals surface area contributed by atoms with E-state index in [0.717, 1.165) is 24.2 Å². The molecule has 0 saturated carbocycles. The molecule has 0 atom stereocenters. The molecule has 9 nitrogen and oxygen atoms in total. The van der Waals surface area contributed by atoms with E-state index in [1.807, 2.05) is 24.3 Å². The van der Waals surface area contributed by atoms with Gasteiger partial charge in [0.1, 0.15) is 0 Å². The molecule has 0 spiro atoms. The van der Waals surface area contributed by atoms with Crippen molar-refractivity contribution < 1.29 is 22.8 Å². The number of hydrogen-bond acceptors (Lipinski definition) is 5. The number of carbonyl (C=O) groups excluding carboxylic acids is 3. The van der Waals surface area contributed by atoms with Crippen LogP contribution in [-0.4, -0.2) is 50.1 Å². The monoisotopic (exact) mass is 484 g/mol. The summed E-state index contributed by atoms with van der Waals surface area (Å²) in [5, 5.41) is 2.94. The van der Waals surface area contributed by atoms with Gasteiger partial charge >= 0.3 is 0 Å². The number of piperidine rings is 1. The Bertz CT molecular complexity index is 1170. The standard InChI is InChI=1S/C24H28N4O5S/c25-23(30)18-5-9-21(10-6-18)34(32,33)27-14-11-19(12-15-27)24(31)26-16-17-3-7-20(8-4-17)28-13-1-2-22(28)29/h3-10,19H,1-2,11-16H2,(H2,25,30)(H,26,31). The number of carbonyl (C=O) groups is 3. The summed E-state index contributed by atoms with van der Waals surface area (Å²) < 4.78 is 27.1. The zero-order valence-corrected chi connectivity index (χ0v) is 19.6. The number of hydrogen-bond donors (Lipinski definition) is 2. The first-order valence-electron chi connectivity index (χ1n) is 11.3. The van der Waals surface area contributed by atoms with Gasteiger partial charge in [0.05, 0.1) is 4.90 Å². The van der Waals surface area contributed by atoms with Gasteiger partial charge in [-0.3, -0.25) is 14.4 Å². The van der Waals surface area contributed by atoms with Crippen molar-refractivity contribution in [3.8, 4) is 0 Å². The van der Waals surface area contributed by atoms with Crippen LogP contribution in [0.25, 0.3) is 0 Å². The summed E-state index contributed by atoms with van der Waals surface area (Å²) in [5.74, 6) is -0.836. The van der Waals surface area contributed by atoms with Crippen LogP contribution in [0.4, 0.5) is 5.69 Å².